The molecule has 0 aliphatic carbocycles. The Morgan fingerprint density at radius 1 is 0.867 bits per heavy atom. The zero-order chi connectivity index (χ0) is 21.7. The van der Waals surface area contributed by atoms with Crippen LogP contribution >= 0.6 is 11.6 Å². The molecule has 0 fully saturated rings. The monoisotopic (exact) mass is 422 g/mol. The maximum absolute atomic E-state index is 12.8. The van der Waals surface area contributed by atoms with Gasteiger partial charge in [-0.25, -0.2) is 0 Å². The van der Waals surface area contributed by atoms with Gasteiger partial charge in [-0.2, -0.15) is 0 Å². The summed E-state index contributed by atoms with van der Waals surface area (Å²) in [5.41, 5.74) is 1.51. The standard InChI is InChI=1S/C24H23ClN2O3/c1-16-7-4-5-10-21(16)22(28)26-18-8-6-9-19(15-18)27-23(29)24(2,3)30-20-13-11-17(25)12-14-20/h4-15H,1-3H3,(H,26,28)(H,27,29). The summed E-state index contributed by atoms with van der Waals surface area (Å²) in [7, 11) is 0. The number of anilines is 2. The Kier molecular flexibility index (Phi) is 6.43. The van der Waals surface area contributed by atoms with Gasteiger partial charge in [0.05, 0.1) is 0 Å². The molecule has 154 valence electrons. The number of rotatable bonds is 6. The quantitative estimate of drug-likeness (QED) is 0.535. The molecule has 6 heteroatoms. The summed E-state index contributed by atoms with van der Waals surface area (Å²) in [6, 6.07) is 21.2. The van der Waals surface area contributed by atoms with Gasteiger partial charge in [-0.05, 0) is 74.9 Å². The van der Waals surface area contributed by atoms with Crippen LogP contribution in [0.4, 0.5) is 11.4 Å². The summed E-state index contributed by atoms with van der Waals surface area (Å²) in [6.45, 7) is 5.25. The smallest absolute Gasteiger partial charge is 0.267 e. The number of amides is 2. The number of halogens is 1. The Labute approximate surface area is 181 Å². The zero-order valence-electron chi connectivity index (χ0n) is 17.0. The molecule has 0 aliphatic rings. The lowest BCUT2D eigenvalue weighted by molar-refractivity contribution is -0.128. The van der Waals surface area contributed by atoms with Crippen molar-refractivity contribution in [1.82, 2.24) is 0 Å². The van der Waals surface area contributed by atoms with Crippen molar-refractivity contribution in [2.45, 2.75) is 26.4 Å². The van der Waals surface area contributed by atoms with Crippen molar-refractivity contribution in [2.24, 2.45) is 0 Å². The molecule has 0 heterocycles. The largest absolute Gasteiger partial charge is 0.478 e. The van der Waals surface area contributed by atoms with Gasteiger partial charge in [-0.15, -0.1) is 0 Å². The van der Waals surface area contributed by atoms with E-state index in [4.69, 9.17) is 16.3 Å². The van der Waals surface area contributed by atoms with E-state index in [1.807, 2.05) is 25.1 Å². The minimum absolute atomic E-state index is 0.206. The molecule has 5 nitrogen and oxygen atoms in total. The van der Waals surface area contributed by atoms with Gasteiger partial charge in [0, 0.05) is 22.0 Å². The molecular weight excluding hydrogens is 400 g/mol. The Morgan fingerprint density at radius 3 is 2.17 bits per heavy atom. The molecule has 0 saturated carbocycles. The van der Waals surface area contributed by atoms with E-state index in [1.54, 1.807) is 68.4 Å². The number of hydrogen-bond donors (Lipinski definition) is 2. The molecule has 0 saturated heterocycles. The molecule has 0 aromatic heterocycles. The van der Waals surface area contributed by atoms with Crippen molar-refractivity contribution in [3.63, 3.8) is 0 Å². The molecule has 3 rings (SSSR count). The molecule has 0 bridgehead atoms. The summed E-state index contributed by atoms with van der Waals surface area (Å²) in [5.74, 6) is 0.0154. The average Bonchev–Trinajstić information content (AvgIpc) is 2.70. The third kappa shape index (κ3) is 5.39. The summed E-state index contributed by atoms with van der Waals surface area (Å²) in [6.07, 6.45) is 0. The first-order valence-electron chi connectivity index (χ1n) is 9.48. The maximum atomic E-state index is 12.8. The van der Waals surface area contributed by atoms with Gasteiger partial charge >= 0.3 is 0 Å². The first-order valence-corrected chi connectivity index (χ1v) is 9.85. The van der Waals surface area contributed by atoms with Crippen molar-refractivity contribution < 1.29 is 14.3 Å². The normalized spacial score (nSPS) is 10.9. The number of hydrogen-bond acceptors (Lipinski definition) is 3. The number of carbonyl (C=O) groups is 2. The Morgan fingerprint density at radius 2 is 1.50 bits per heavy atom. The number of carbonyl (C=O) groups excluding carboxylic acids is 2. The molecule has 0 unspecified atom stereocenters. The minimum atomic E-state index is -1.12. The molecule has 2 amide bonds. The number of aryl methyl sites for hydroxylation is 1. The fourth-order valence-electron chi connectivity index (χ4n) is 2.83. The highest BCUT2D eigenvalue weighted by Gasteiger charge is 2.30. The van der Waals surface area contributed by atoms with E-state index in [0.29, 0.717) is 27.7 Å². The summed E-state index contributed by atoms with van der Waals surface area (Å²) in [5, 5.41) is 6.29. The van der Waals surface area contributed by atoms with E-state index in [0.717, 1.165) is 5.56 Å². The van der Waals surface area contributed by atoms with Gasteiger partial charge in [-0.1, -0.05) is 35.9 Å². The van der Waals surface area contributed by atoms with E-state index in [9.17, 15) is 9.59 Å². The molecule has 0 spiro atoms. The second-order valence-corrected chi connectivity index (χ2v) is 7.81. The predicted octanol–water partition coefficient (Wildman–Crippen LogP) is 5.70. The second kappa shape index (κ2) is 9.01. The van der Waals surface area contributed by atoms with Gasteiger partial charge in [0.15, 0.2) is 5.60 Å². The second-order valence-electron chi connectivity index (χ2n) is 7.37. The van der Waals surface area contributed by atoms with Crippen LogP contribution in [0.15, 0.2) is 72.8 Å². The Balaban J connectivity index is 1.68. The van der Waals surface area contributed by atoms with Gasteiger partial charge in [0.25, 0.3) is 11.8 Å². The first kappa shape index (κ1) is 21.4. The molecule has 3 aromatic rings. The van der Waals surface area contributed by atoms with Gasteiger partial charge in [0.2, 0.25) is 0 Å². The third-order valence-corrected chi connectivity index (χ3v) is 4.75. The van der Waals surface area contributed by atoms with Crippen LogP contribution < -0.4 is 15.4 Å². The van der Waals surface area contributed by atoms with Crippen molar-refractivity contribution in [3.8, 4) is 5.75 Å². The third-order valence-electron chi connectivity index (χ3n) is 4.50. The summed E-state index contributed by atoms with van der Waals surface area (Å²) < 4.78 is 5.82. The maximum Gasteiger partial charge on any atom is 0.267 e. The molecule has 0 aliphatic heterocycles. The lowest BCUT2D eigenvalue weighted by atomic mass is 10.1. The van der Waals surface area contributed by atoms with Gasteiger partial charge < -0.3 is 15.4 Å². The number of nitrogens with one attached hydrogen (secondary N) is 2. The van der Waals surface area contributed by atoms with Crippen molar-refractivity contribution in [1.29, 1.82) is 0 Å². The topological polar surface area (TPSA) is 67.4 Å². The molecule has 2 N–H and O–H groups in total. The molecule has 0 radical (unpaired) electrons. The Bertz CT molecular complexity index is 1060. The Hall–Kier alpha value is -3.31. The first-order chi connectivity index (χ1) is 14.2. The van der Waals surface area contributed by atoms with Crippen LogP contribution in [0.5, 0.6) is 5.75 Å². The van der Waals surface area contributed by atoms with E-state index >= 15 is 0 Å². The van der Waals surface area contributed by atoms with Crippen LogP contribution in [0.2, 0.25) is 5.02 Å². The lowest BCUT2D eigenvalue weighted by Crippen LogP contribution is -2.42. The molecule has 3 aromatic carbocycles. The minimum Gasteiger partial charge on any atom is -0.478 e. The number of benzene rings is 3. The fraction of sp³-hybridized carbons (Fsp3) is 0.167. The summed E-state index contributed by atoms with van der Waals surface area (Å²) >= 11 is 5.89. The summed E-state index contributed by atoms with van der Waals surface area (Å²) in [4.78, 5) is 25.3. The highest BCUT2D eigenvalue weighted by atomic mass is 35.5. The van der Waals surface area contributed by atoms with Crippen molar-refractivity contribution >= 4 is 34.8 Å². The van der Waals surface area contributed by atoms with Gasteiger partial charge in [0.1, 0.15) is 5.75 Å². The van der Waals surface area contributed by atoms with E-state index < -0.39 is 5.60 Å². The van der Waals surface area contributed by atoms with Crippen molar-refractivity contribution in [3.05, 3.63) is 88.9 Å². The van der Waals surface area contributed by atoms with Crippen molar-refractivity contribution in [2.75, 3.05) is 10.6 Å². The van der Waals surface area contributed by atoms with Crippen LogP contribution in [-0.4, -0.2) is 17.4 Å². The van der Waals surface area contributed by atoms with E-state index in [2.05, 4.69) is 10.6 Å². The number of ether oxygens (including phenoxy) is 1. The van der Waals surface area contributed by atoms with Crippen LogP contribution in [0, 0.1) is 6.92 Å². The molecular formula is C24H23ClN2O3. The van der Waals surface area contributed by atoms with E-state index in [-0.39, 0.29) is 11.8 Å². The van der Waals surface area contributed by atoms with Crippen LogP contribution in [0.25, 0.3) is 0 Å². The van der Waals surface area contributed by atoms with Crippen LogP contribution in [-0.2, 0) is 4.79 Å². The highest BCUT2D eigenvalue weighted by Crippen LogP contribution is 2.23. The SMILES string of the molecule is Cc1ccccc1C(=O)Nc1cccc(NC(=O)C(C)(C)Oc2ccc(Cl)cc2)c1. The predicted molar refractivity (Wildman–Crippen MR) is 120 cm³/mol. The van der Waals surface area contributed by atoms with Crippen LogP contribution in [0.1, 0.15) is 29.8 Å². The highest BCUT2D eigenvalue weighted by molar-refractivity contribution is 6.30. The average molecular weight is 423 g/mol. The fourth-order valence-corrected chi connectivity index (χ4v) is 2.95. The van der Waals surface area contributed by atoms with Crippen LogP contribution in [0.3, 0.4) is 0 Å². The lowest BCUT2D eigenvalue weighted by Gasteiger charge is -2.25. The molecule has 30 heavy (non-hydrogen) atoms. The molecule has 0 atom stereocenters. The van der Waals surface area contributed by atoms with Gasteiger partial charge in [-0.3, -0.25) is 9.59 Å². The zero-order valence-corrected chi connectivity index (χ0v) is 17.8. The van der Waals surface area contributed by atoms with E-state index in [1.165, 1.54) is 0 Å².